The van der Waals surface area contributed by atoms with Gasteiger partial charge in [-0.2, -0.15) is 5.26 Å². The number of ether oxygens (including phenoxy) is 1. The molecule has 5 nitrogen and oxygen atoms in total. The van der Waals surface area contributed by atoms with E-state index in [0.717, 1.165) is 6.54 Å². The molecular weight excluding hydrogens is 302 g/mol. The van der Waals surface area contributed by atoms with Crippen molar-refractivity contribution in [3.8, 4) is 6.07 Å². The number of nitrogens with zero attached hydrogens (tertiary/aromatic N) is 3. The van der Waals surface area contributed by atoms with E-state index in [2.05, 4.69) is 23.1 Å². The quantitative estimate of drug-likeness (QED) is 0.804. The molecule has 1 aromatic carbocycles. The van der Waals surface area contributed by atoms with Crippen molar-refractivity contribution >= 4 is 5.91 Å². The Kier molecular flexibility index (Phi) is 6.77. The molecule has 1 heterocycles. The lowest BCUT2D eigenvalue weighted by molar-refractivity contribution is -0.136. The molecular formula is C19H27N3O2. The highest BCUT2D eigenvalue weighted by Gasteiger charge is 2.30. The number of amides is 1. The molecule has 0 N–H and O–H groups in total. The zero-order valence-electron chi connectivity index (χ0n) is 14.8. The first-order valence-electron chi connectivity index (χ1n) is 8.63. The van der Waals surface area contributed by atoms with Crippen LogP contribution in [0.4, 0.5) is 0 Å². The van der Waals surface area contributed by atoms with Crippen LogP contribution >= 0.6 is 0 Å². The van der Waals surface area contributed by atoms with Crippen LogP contribution in [0.3, 0.4) is 0 Å². The second-order valence-corrected chi connectivity index (χ2v) is 6.46. The Morgan fingerprint density at radius 3 is 2.79 bits per heavy atom. The number of nitriles is 1. The Bertz CT molecular complexity index is 570. The van der Waals surface area contributed by atoms with Crippen LogP contribution < -0.4 is 0 Å². The number of rotatable bonds is 6. The summed E-state index contributed by atoms with van der Waals surface area (Å²) in [4.78, 5) is 16.7. The first-order chi connectivity index (χ1) is 11.5. The Balaban J connectivity index is 2.08. The second-order valence-electron chi connectivity index (χ2n) is 6.46. The van der Waals surface area contributed by atoms with Crippen LogP contribution in [-0.2, 0) is 9.53 Å². The molecule has 1 aromatic rings. The lowest BCUT2D eigenvalue weighted by Gasteiger charge is -2.39. The molecule has 0 aliphatic carbocycles. The maximum absolute atomic E-state index is 12.7. The van der Waals surface area contributed by atoms with Gasteiger partial charge in [0.15, 0.2) is 0 Å². The molecule has 1 amide bonds. The van der Waals surface area contributed by atoms with Crippen molar-refractivity contribution in [1.29, 1.82) is 5.26 Å². The molecule has 1 aliphatic rings. The van der Waals surface area contributed by atoms with Crippen LogP contribution in [0.15, 0.2) is 30.3 Å². The van der Waals surface area contributed by atoms with E-state index in [4.69, 9.17) is 10.00 Å². The Labute approximate surface area is 144 Å². The number of morpholine rings is 1. The normalized spacial score (nSPS) is 22.6. The van der Waals surface area contributed by atoms with E-state index >= 15 is 0 Å². The summed E-state index contributed by atoms with van der Waals surface area (Å²) in [5.74, 6) is -0.0722. The van der Waals surface area contributed by atoms with Gasteiger partial charge in [-0.15, -0.1) is 0 Å². The minimum Gasteiger partial charge on any atom is -0.375 e. The van der Waals surface area contributed by atoms with Crippen molar-refractivity contribution in [3.05, 3.63) is 35.9 Å². The number of hydrogen-bond acceptors (Lipinski definition) is 4. The van der Waals surface area contributed by atoms with Crippen LogP contribution in [0.1, 0.15) is 32.4 Å². The summed E-state index contributed by atoms with van der Waals surface area (Å²) < 4.78 is 5.82. The van der Waals surface area contributed by atoms with Crippen molar-refractivity contribution in [2.24, 2.45) is 5.92 Å². The lowest BCUT2D eigenvalue weighted by Crippen LogP contribution is -2.49. The van der Waals surface area contributed by atoms with E-state index in [1.54, 1.807) is 4.90 Å². The van der Waals surface area contributed by atoms with Gasteiger partial charge in [-0.05, 0) is 26.3 Å². The molecule has 0 bridgehead atoms. The smallest absolute Gasteiger partial charge is 0.236 e. The summed E-state index contributed by atoms with van der Waals surface area (Å²) in [5.41, 5.74) is 1.17. The minimum absolute atomic E-state index is 0.0784. The first kappa shape index (κ1) is 18.4. The molecule has 0 unspecified atom stereocenters. The number of likely N-dealkylation sites (N-methyl/N-ethyl adjacent to an activating group) is 1. The predicted octanol–water partition coefficient (Wildman–Crippen LogP) is 2.46. The summed E-state index contributed by atoms with van der Waals surface area (Å²) in [6, 6.07) is 12.5. The van der Waals surface area contributed by atoms with Gasteiger partial charge in [-0.3, -0.25) is 9.69 Å². The second kappa shape index (κ2) is 8.81. The Morgan fingerprint density at radius 2 is 2.17 bits per heavy atom. The summed E-state index contributed by atoms with van der Waals surface area (Å²) in [6.07, 6.45) is 0.117. The highest BCUT2D eigenvalue weighted by atomic mass is 16.5. The zero-order chi connectivity index (χ0) is 17.5. The fraction of sp³-hybridized carbons (Fsp3) is 0.579. The molecule has 1 saturated heterocycles. The third-order valence-corrected chi connectivity index (χ3v) is 4.44. The zero-order valence-corrected chi connectivity index (χ0v) is 14.8. The molecule has 1 fully saturated rings. The number of carbonyl (C=O) groups is 1. The van der Waals surface area contributed by atoms with Gasteiger partial charge in [0, 0.05) is 19.6 Å². The molecule has 0 radical (unpaired) electrons. The summed E-state index contributed by atoms with van der Waals surface area (Å²) >= 11 is 0. The van der Waals surface area contributed by atoms with Crippen LogP contribution in [0.5, 0.6) is 0 Å². The molecule has 2 rings (SSSR count). The van der Waals surface area contributed by atoms with E-state index in [0.29, 0.717) is 26.2 Å². The average molecular weight is 329 g/mol. The van der Waals surface area contributed by atoms with Gasteiger partial charge in [0.05, 0.1) is 37.3 Å². The van der Waals surface area contributed by atoms with Gasteiger partial charge in [-0.25, -0.2) is 0 Å². The lowest BCUT2D eigenvalue weighted by atomic mass is 10.0. The summed E-state index contributed by atoms with van der Waals surface area (Å²) in [6.45, 7) is 8.64. The van der Waals surface area contributed by atoms with Crippen molar-refractivity contribution in [2.45, 2.75) is 32.9 Å². The van der Waals surface area contributed by atoms with Crippen LogP contribution in [0.2, 0.25) is 0 Å². The van der Waals surface area contributed by atoms with Crippen LogP contribution in [-0.4, -0.2) is 54.6 Å². The van der Waals surface area contributed by atoms with Crippen molar-refractivity contribution in [2.75, 3.05) is 32.8 Å². The SMILES string of the molecule is CCN(C[C@H](C)C#N)C(=O)CN1C[C@@H](C)OC[C@H]1c1ccccc1. The number of carbonyl (C=O) groups excluding carboxylic acids is 1. The van der Waals surface area contributed by atoms with Gasteiger partial charge in [0.25, 0.3) is 0 Å². The van der Waals surface area contributed by atoms with Crippen LogP contribution in [0.25, 0.3) is 0 Å². The van der Waals surface area contributed by atoms with Crippen molar-refractivity contribution in [3.63, 3.8) is 0 Å². The average Bonchev–Trinajstić information content (AvgIpc) is 2.60. The van der Waals surface area contributed by atoms with Gasteiger partial charge in [-0.1, -0.05) is 30.3 Å². The first-order valence-corrected chi connectivity index (χ1v) is 8.63. The van der Waals surface area contributed by atoms with Gasteiger partial charge < -0.3 is 9.64 Å². The monoisotopic (exact) mass is 329 g/mol. The van der Waals surface area contributed by atoms with Gasteiger partial charge in [0.2, 0.25) is 5.91 Å². The maximum Gasteiger partial charge on any atom is 0.236 e. The molecule has 0 spiro atoms. The van der Waals surface area contributed by atoms with Gasteiger partial charge >= 0.3 is 0 Å². The molecule has 0 saturated carbocycles. The summed E-state index contributed by atoms with van der Waals surface area (Å²) in [5, 5.41) is 8.99. The standard InChI is InChI=1S/C19H27N3O2/c1-4-21(11-15(2)10-20)19(23)13-22-12-16(3)24-14-18(22)17-8-6-5-7-9-17/h5-9,15-16,18H,4,11-14H2,1-3H3/t15-,16-,18+/m1/s1. The van der Waals surface area contributed by atoms with Gasteiger partial charge in [0.1, 0.15) is 0 Å². The van der Waals surface area contributed by atoms with Crippen molar-refractivity contribution in [1.82, 2.24) is 9.80 Å². The van der Waals surface area contributed by atoms with E-state index in [1.165, 1.54) is 5.56 Å². The fourth-order valence-electron chi connectivity index (χ4n) is 3.08. The minimum atomic E-state index is -0.151. The molecule has 3 atom stereocenters. The van der Waals surface area contributed by atoms with E-state index in [1.807, 2.05) is 39.0 Å². The largest absolute Gasteiger partial charge is 0.375 e. The van der Waals surface area contributed by atoms with E-state index < -0.39 is 0 Å². The highest BCUT2D eigenvalue weighted by Crippen LogP contribution is 2.26. The summed E-state index contributed by atoms with van der Waals surface area (Å²) in [7, 11) is 0. The Hall–Kier alpha value is -1.90. The van der Waals surface area contributed by atoms with Crippen LogP contribution in [0, 0.1) is 17.2 Å². The number of benzene rings is 1. The fourth-order valence-corrected chi connectivity index (χ4v) is 3.08. The topological polar surface area (TPSA) is 56.6 Å². The third kappa shape index (κ3) is 4.80. The molecule has 5 heteroatoms. The van der Waals surface area contributed by atoms with E-state index in [-0.39, 0.29) is 24.0 Å². The number of hydrogen-bond donors (Lipinski definition) is 0. The predicted molar refractivity (Wildman–Crippen MR) is 93.2 cm³/mol. The molecule has 0 aromatic heterocycles. The van der Waals surface area contributed by atoms with Crippen molar-refractivity contribution < 1.29 is 9.53 Å². The molecule has 130 valence electrons. The molecule has 1 aliphatic heterocycles. The Morgan fingerprint density at radius 1 is 1.46 bits per heavy atom. The molecule has 24 heavy (non-hydrogen) atoms. The maximum atomic E-state index is 12.7. The third-order valence-electron chi connectivity index (χ3n) is 4.44. The van der Waals surface area contributed by atoms with E-state index in [9.17, 15) is 4.79 Å². The highest BCUT2D eigenvalue weighted by molar-refractivity contribution is 5.78.